The number of carbonyl (C=O) groups is 2. The lowest BCUT2D eigenvalue weighted by molar-refractivity contribution is -0.118. The number of ether oxygens (including phenoxy) is 1. The minimum Gasteiger partial charge on any atom is -0.383 e. The number of methoxy groups -OCH3 is 1. The van der Waals surface area contributed by atoms with Crippen LogP contribution in [0, 0.1) is 0 Å². The van der Waals surface area contributed by atoms with Crippen LogP contribution in [-0.4, -0.2) is 31.6 Å². The van der Waals surface area contributed by atoms with Crippen molar-refractivity contribution in [2.24, 2.45) is 5.73 Å². The molecule has 2 amide bonds. The maximum atomic E-state index is 11.7. The van der Waals surface area contributed by atoms with Gasteiger partial charge in [-0.05, 0) is 18.2 Å². The molecular weight excluding hydrogens is 270 g/mol. The number of nitrogens with one attached hydrogen (secondary N) is 2. The van der Waals surface area contributed by atoms with Crippen LogP contribution in [-0.2, 0) is 14.3 Å². The minimum atomic E-state index is -0.768. The van der Waals surface area contributed by atoms with Gasteiger partial charge < -0.3 is 21.1 Å². The monoisotopic (exact) mass is 285 g/mol. The number of amides is 2. The van der Waals surface area contributed by atoms with E-state index in [0.29, 0.717) is 16.4 Å². The summed E-state index contributed by atoms with van der Waals surface area (Å²) in [7, 11) is 1.46. The van der Waals surface area contributed by atoms with Gasteiger partial charge in [0.05, 0.1) is 17.3 Å². The Morgan fingerprint density at radius 2 is 2.11 bits per heavy atom. The summed E-state index contributed by atoms with van der Waals surface area (Å²) < 4.78 is 4.79. The molecule has 1 rings (SSSR count). The Labute approximate surface area is 116 Å². The first-order valence-corrected chi connectivity index (χ1v) is 5.94. The first-order chi connectivity index (χ1) is 8.93. The molecule has 0 aliphatic heterocycles. The van der Waals surface area contributed by atoms with E-state index in [2.05, 4.69) is 10.6 Å². The van der Waals surface area contributed by atoms with E-state index in [1.54, 1.807) is 18.2 Å². The topological polar surface area (TPSA) is 93.4 Å². The average Bonchev–Trinajstić information content (AvgIpc) is 2.32. The molecule has 0 heterocycles. The summed E-state index contributed by atoms with van der Waals surface area (Å²) in [5.74, 6) is -0.592. The predicted octanol–water partition coefficient (Wildman–Crippen LogP) is 1.21. The SMILES string of the molecule is COCC(N)C(=O)Nc1ccc(NC(C)=O)cc1Cl. The molecule has 0 radical (unpaired) electrons. The molecule has 4 N–H and O–H groups in total. The molecule has 0 saturated heterocycles. The summed E-state index contributed by atoms with van der Waals surface area (Å²) in [5.41, 5.74) is 6.56. The Hall–Kier alpha value is -1.63. The number of nitrogens with two attached hydrogens (primary N) is 1. The molecule has 0 bridgehead atoms. The Balaban J connectivity index is 2.74. The highest BCUT2D eigenvalue weighted by atomic mass is 35.5. The van der Waals surface area contributed by atoms with Crippen molar-refractivity contribution in [3.63, 3.8) is 0 Å². The van der Waals surface area contributed by atoms with Crippen LogP contribution >= 0.6 is 11.6 Å². The van der Waals surface area contributed by atoms with E-state index in [1.165, 1.54) is 14.0 Å². The van der Waals surface area contributed by atoms with Gasteiger partial charge >= 0.3 is 0 Å². The van der Waals surface area contributed by atoms with E-state index in [0.717, 1.165) is 0 Å². The fourth-order valence-electron chi connectivity index (χ4n) is 1.38. The number of hydrogen-bond donors (Lipinski definition) is 3. The second-order valence-electron chi connectivity index (χ2n) is 3.93. The lowest BCUT2D eigenvalue weighted by Crippen LogP contribution is -2.39. The van der Waals surface area contributed by atoms with Gasteiger partial charge in [0.1, 0.15) is 6.04 Å². The molecular formula is C12H16ClN3O3. The van der Waals surface area contributed by atoms with Crippen molar-refractivity contribution in [2.75, 3.05) is 24.4 Å². The van der Waals surface area contributed by atoms with Gasteiger partial charge in [-0.25, -0.2) is 0 Å². The fourth-order valence-corrected chi connectivity index (χ4v) is 1.61. The van der Waals surface area contributed by atoms with Gasteiger partial charge in [-0.1, -0.05) is 11.6 Å². The largest absolute Gasteiger partial charge is 0.383 e. The van der Waals surface area contributed by atoms with Crippen molar-refractivity contribution in [2.45, 2.75) is 13.0 Å². The Morgan fingerprint density at radius 3 is 2.63 bits per heavy atom. The second-order valence-corrected chi connectivity index (χ2v) is 4.33. The number of halogens is 1. The number of hydrogen-bond acceptors (Lipinski definition) is 4. The molecule has 0 aliphatic rings. The summed E-state index contributed by atoms with van der Waals surface area (Å²) in [6.07, 6.45) is 0. The van der Waals surface area contributed by atoms with Crippen molar-refractivity contribution in [3.05, 3.63) is 23.2 Å². The molecule has 0 aromatic heterocycles. The van der Waals surface area contributed by atoms with Crippen LogP contribution < -0.4 is 16.4 Å². The highest BCUT2D eigenvalue weighted by Crippen LogP contribution is 2.25. The quantitative estimate of drug-likeness (QED) is 0.758. The van der Waals surface area contributed by atoms with Gasteiger partial charge in [-0.15, -0.1) is 0 Å². The third-order valence-corrected chi connectivity index (χ3v) is 2.54. The zero-order valence-corrected chi connectivity index (χ0v) is 11.5. The van der Waals surface area contributed by atoms with Crippen molar-refractivity contribution >= 4 is 34.8 Å². The number of anilines is 2. The summed E-state index contributed by atoms with van der Waals surface area (Å²) in [5, 5.41) is 5.48. The molecule has 1 aromatic carbocycles. The number of benzene rings is 1. The second kappa shape index (κ2) is 7.08. The molecule has 1 unspecified atom stereocenters. The van der Waals surface area contributed by atoms with Crippen LogP contribution in [0.4, 0.5) is 11.4 Å². The summed E-state index contributed by atoms with van der Waals surface area (Å²) >= 11 is 6.00. The van der Waals surface area contributed by atoms with E-state index in [1.807, 2.05) is 0 Å². The highest BCUT2D eigenvalue weighted by Gasteiger charge is 2.14. The van der Waals surface area contributed by atoms with Crippen LogP contribution in [0.25, 0.3) is 0 Å². The van der Waals surface area contributed by atoms with Crippen LogP contribution in [0.5, 0.6) is 0 Å². The van der Waals surface area contributed by atoms with Gasteiger partial charge in [-0.2, -0.15) is 0 Å². The summed E-state index contributed by atoms with van der Waals surface area (Å²) in [6, 6.07) is 3.99. The maximum absolute atomic E-state index is 11.7. The number of carbonyl (C=O) groups excluding carboxylic acids is 2. The first-order valence-electron chi connectivity index (χ1n) is 5.56. The average molecular weight is 286 g/mol. The molecule has 1 aromatic rings. The normalized spacial score (nSPS) is 11.8. The van der Waals surface area contributed by atoms with Gasteiger partial charge in [0, 0.05) is 19.7 Å². The van der Waals surface area contributed by atoms with Crippen LogP contribution in [0.3, 0.4) is 0 Å². The van der Waals surface area contributed by atoms with E-state index < -0.39 is 11.9 Å². The molecule has 0 fully saturated rings. The van der Waals surface area contributed by atoms with E-state index in [-0.39, 0.29) is 12.5 Å². The predicted molar refractivity (Wildman–Crippen MR) is 74.2 cm³/mol. The maximum Gasteiger partial charge on any atom is 0.243 e. The lowest BCUT2D eigenvalue weighted by Gasteiger charge is -2.13. The Kier molecular flexibility index (Phi) is 5.75. The zero-order chi connectivity index (χ0) is 14.4. The zero-order valence-electron chi connectivity index (χ0n) is 10.7. The molecule has 6 nitrogen and oxygen atoms in total. The molecule has 0 saturated carbocycles. The first kappa shape index (κ1) is 15.4. The van der Waals surface area contributed by atoms with Gasteiger partial charge in [0.15, 0.2) is 0 Å². The summed E-state index contributed by atoms with van der Waals surface area (Å²) in [4.78, 5) is 22.6. The third-order valence-electron chi connectivity index (χ3n) is 2.23. The lowest BCUT2D eigenvalue weighted by atomic mass is 10.2. The van der Waals surface area contributed by atoms with Crippen molar-refractivity contribution < 1.29 is 14.3 Å². The Morgan fingerprint density at radius 1 is 1.42 bits per heavy atom. The van der Waals surface area contributed by atoms with Crippen LogP contribution in [0.2, 0.25) is 5.02 Å². The smallest absolute Gasteiger partial charge is 0.243 e. The minimum absolute atomic E-state index is 0.118. The molecule has 104 valence electrons. The molecule has 1 atom stereocenters. The van der Waals surface area contributed by atoms with Crippen LogP contribution in [0.15, 0.2) is 18.2 Å². The van der Waals surface area contributed by atoms with Gasteiger partial charge in [-0.3, -0.25) is 9.59 Å². The molecule has 7 heteroatoms. The highest BCUT2D eigenvalue weighted by molar-refractivity contribution is 6.34. The van der Waals surface area contributed by atoms with Gasteiger partial charge in [0.2, 0.25) is 11.8 Å². The van der Waals surface area contributed by atoms with Gasteiger partial charge in [0.25, 0.3) is 0 Å². The third kappa shape index (κ3) is 4.86. The number of rotatable bonds is 5. The van der Waals surface area contributed by atoms with Crippen LogP contribution in [0.1, 0.15) is 6.92 Å². The standard InChI is InChI=1S/C12H16ClN3O3/c1-7(17)15-8-3-4-11(9(13)5-8)16-12(18)10(14)6-19-2/h3-5,10H,6,14H2,1-2H3,(H,15,17)(H,16,18). The van der Waals surface area contributed by atoms with Crippen molar-refractivity contribution in [3.8, 4) is 0 Å². The van der Waals surface area contributed by atoms with E-state index in [4.69, 9.17) is 22.1 Å². The van der Waals surface area contributed by atoms with Crippen molar-refractivity contribution in [1.82, 2.24) is 0 Å². The van der Waals surface area contributed by atoms with Crippen molar-refractivity contribution in [1.29, 1.82) is 0 Å². The fraction of sp³-hybridized carbons (Fsp3) is 0.333. The molecule has 0 aliphatic carbocycles. The molecule has 0 spiro atoms. The summed E-state index contributed by atoms with van der Waals surface area (Å²) in [6.45, 7) is 1.51. The Bertz CT molecular complexity index is 479. The van der Waals surface area contributed by atoms with E-state index in [9.17, 15) is 9.59 Å². The molecule has 19 heavy (non-hydrogen) atoms. The van der Waals surface area contributed by atoms with E-state index >= 15 is 0 Å².